The fourth-order valence-electron chi connectivity index (χ4n) is 2.61. The predicted molar refractivity (Wildman–Crippen MR) is 94.2 cm³/mol. The molecule has 1 unspecified atom stereocenters. The van der Waals surface area contributed by atoms with Crippen LogP contribution < -0.4 is 5.32 Å². The molecule has 0 aliphatic carbocycles. The number of anilines is 1. The first kappa shape index (κ1) is 19.2. The van der Waals surface area contributed by atoms with E-state index in [0.717, 1.165) is 18.9 Å². The lowest BCUT2D eigenvalue weighted by Crippen LogP contribution is -2.43. The van der Waals surface area contributed by atoms with Gasteiger partial charge >= 0.3 is 8.80 Å². The molecule has 0 amide bonds. The largest absolute Gasteiger partial charge is 0.500 e. The summed E-state index contributed by atoms with van der Waals surface area (Å²) in [4.78, 5) is 0. The molecule has 4 nitrogen and oxygen atoms in total. The summed E-state index contributed by atoms with van der Waals surface area (Å²) in [6, 6.07) is 11.6. The molecular formula is C17H31NO3Si. The second kappa shape index (κ2) is 10.8. The fraction of sp³-hybridized carbons (Fsp3) is 0.647. The van der Waals surface area contributed by atoms with Crippen LogP contribution in [0, 0.1) is 0 Å². The molecule has 0 saturated heterocycles. The zero-order valence-corrected chi connectivity index (χ0v) is 15.4. The fourth-order valence-corrected chi connectivity index (χ4v) is 4.42. The van der Waals surface area contributed by atoms with E-state index in [-0.39, 0.29) is 0 Å². The molecule has 1 N–H and O–H groups in total. The summed E-state index contributed by atoms with van der Waals surface area (Å²) < 4.78 is 16.6. The van der Waals surface area contributed by atoms with Crippen LogP contribution in [-0.4, -0.2) is 36.2 Å². The molecule has 126 valence electrons. The third-order valence-corrected chi connectivity index (χ3v) is 6.80. The first-order valence-electron chi connectivity index (χ1n) is 8.16. The lowest BCUT2D eigenvalue weighted by Gasteiger charge is -2.27. The highest BCUT2D eigenvalue weighted by Crippen LogP contribution is 2.21. The van der Waals surface area contributed by atoms with Crippen molar-refractivity contribution in [1.29, 1.82) is 0 Å². The predicted octanol–water partition coefficient (Wildman–Crippen LogP) is 4.32. The Morgan fingerprint density at radius 3 is 2.14 bits per heavy atom. The van der Waals surface area contributed by atoms with Gasteiger partial charge in [0.25, 0.3) is 0 Å². The average molecular weight is 326 g/mol. The first-order valence-corrected chi connectivity index (χ1v) is 10.1. The van der Waals surface area contributed by atoms with Crippen molar-refractivity contribution in [3.8, 4) is 0 Å². The standard InChI is InChI=1S/C17H31NO3Si/c1-5-6-8-11-17(18-16-12-9-7-10-13-16)14-15-22(19-2,20-3)21-4/h7,9-10,12-13,17-18H,5-6,8,11,14-15H2,1-4H3. The Balaban J connectivity index is 2.61. The van der Waals surface area contributed by atoms with Gasteiger partial charge in [0.05, 0.1) is 0 Å². The number of nitrogens with one attached hydrogen (secondary N) is 1. The van der Waals surface area contributed by atoms with E-state index in [2.05, 4.69) is 36.5 Å². The molecule has 5 heteroatoms. The molecule has 1 atom stereocenters. The van der Waals surface area contributed by atoms with Gasteiger partial charge in [-0.05, 0) is 25.0 Å². The molecule has 1 aromatic rings. The van der Waals surface area contributed by atoms with Crippen LogP contribution in [0.1, 0.15) is 39.0 Å². The Bertz CT molecular complexity index is 376. The summed E-state index contributed by atoms with van der Waals surface area (Å²) in [6.45, 7) is 2.23. The average Bonchev–Trinajstić information content (AvgIpc) is 2.57. The van der Waals surface area contributed by atoms with Crippen LogP contribution in [0.3, 0.4) is 0 Å². The maximum absolute atomic E-state index is 5.53. The SMILES string of the molecule is CCCCCC(CC[Si](OC)(OC)OC)Nc1ccccc1. The topological polar surface area (TPSA) is 39.7 Å². The summed E-state index contributed by atoms with van der Waals surface area (Å²) in [5.41, 5.74) is 1.17. The summed E-state index contributed by atoms with van der Waals surface area (Å²) in [7, 11) is 2.54. The number of para-hydroxylation sites is 1. The summed E-state index contributed by atoms with van der Waals surface area (Å²) in [5.74, 6) is 0. The zero-order valence-electron chi connectivity index (χ0n) is 14.4. The maximum Gasteiger partial charge on any atom is 0.500 e. The van der Waals surface area contributed by atoms with Gasteiger partial charge in [-0.25, -0.2) is 0 Å². The smallest absolute Gasteiger partial charge is 0.382 e. The van der Waals surface area contributed by atoms with Gasteiger partial charge in [0.1, 0.15) is 0 Å². The van der Waals surface area contributed by atoms with Crippen LogP contribution in [0.25, 0.3) is 0 Å². The van der Waals surface area contributed by atoms with Crippen LogP contribution in [0.5, 0.6) is 0 Å². The number of benzene rings is 1. The highest BCUT2D eigenvalue weighted by molar-refractivity contribution is 6.60. The van der Waals surface area contributed by atoms with Crippen molar-refractivity contribution in [3.63, 3.8) is 0 Å². The molecule has 0 bridgehead atoms. The molecule has 0 radical (unpaired) electrons. The van der Waals surface area contributed by atoms with Crippen LogP contribution in [0.4, 0.5) is 5.69 Å². The van der Waals surface area contributed by atoms with Gasteiger partial charge in [-0.2, -0.15) is 0 Å². The molecule has 1 rings (SSSR count). The Morgan fingerprint density at radius 1 is 0.955 bits per heavy atom. The number of rotatable bonds is 12. The van der Waals surface area contributed by atoms with Gasteiger partial charge in [0.15, 0.2) is 0 Å². The van der Waals surface area contributed by atoms with Crippen LogP contribution in [0.15, 0.2) is 30.3 Å². The van der Waals surface area contributed by atoms with E-state index in [4.69, 9.17) is 13.3 Å². The highest BCUT2D eigenvalue weighted by atomic mass is 28.4. The van der Waals surface area contributed by atoms with E-state index in [1.54, 1.807) is 21.3 Å². The van der Waals surface area contributed by atoms with E-state index >= 15 is 0 Å². The van der Waals surface area contributed by atoms with Crippen molar-refractivity contribution in [2.24, 2.45) is 0 Å². The van der Waals surface area contributed by atoms with E-state index in [0.29, 0.717) is 6.04 Å². The minimum Gasteiger partial charge on any atom is -0.382 e. The van der Waals surface area contributed by atoms with Crippen molar-refractivity contribution in [2.45, 2.75) is 51.1 Å². The maximum atomic E-state index is 5.53. The lowest BCUT2D eigenvalue weighted by atomic mass is 10.1. The van der Waals surface area contributed by atoms with Crippen LogP contribution in [0.2, 0.25) is 6.04 Å². The van der Waals surface area contributed by atoms with Gasteiger partial charge < -0.3 is 18.6 Å². The Morgan fingerprint density at radius 2 is 1.59 bits per heavy atom. The van der Waals surface area contributed by atoms with Crippen molar-refractivity contribution in [2.75, 3.05) is 26.6 Å². The highest BCUT2D eigenvalue weighted by Gasteiger charge is 2.37. The third-order valence-electron chi connectivity index (χ3n) is 4.03. The first-order chi connectivity index (χ1) is 10.7. The minimum atomic E-state index is -2.48. The molecule has 0 aromatic heterocycles. The van der Waals surface area contributed by atoms with E-state index < -0.39 is 8.80 Å². The number of hydrogen-bond donors (Lipinski definition) is 1. The van der Waals surface area contributed by atoms with Crippen molar-refractivity contribution >= 4 is 14.5 Å². The molecule has 0 spiro atoms. The molecule has 0 aliphatic rings. The van der Waals surface area contributed by atoms with E-state index in [9.17, 15) is 0 Å². The molecule has 0 saturated carbocycles. The van der Waals surface area contributed by atoms with E-state index in [1.807, 2.05) is 6.07 Å². The molecule has 0 fully saturated rings. The van der Waals surface area contributed by atoms with Gasteiger partial charge in [-0.3, -0.25) is 0 Å². The zero-order chi connectivity index (χ0) is 16.3. The van der Waals surface area contributed by atoms with Crippen molar-refractivity contribution < 1.29 is 13.3 Å². The quantitative estimate of drug-likeness (QED) is 0.459. The van der Waals surface area contributed by atoms with Gasteiger partial charge in [0.2, 0.25) is 0 Å². The Hall–Kier alpha value is -0.883. The third kappa shape index (κ3) is 6.48. The van der Waals surface area contributed by atoms with Gasteiger partial charge in [-0.1, -0.05) is 44.4 Å². The second-order valence-corrected chi connectivity index (χ2v) is 8.63. The van der Waals surface area contributed by atoms with E-state index in [1.165, 1.54) is 24.9 Å². The van der Waals surface area contributed by atoms with Crippen LogP contribution in [-0.2, 0) is 13.3 Å². The van der Waals surface area contributed by atoms with Crippen molar-refractivity contribution in [3.05, 3.63) is 30.3 Å². The lowest BCUT2D eigenvalue weighted by molar-refractivity contribution is 0.122. The van der Waals surface area contributed by atoms with Crippen molar-refractivity contribution in [1.82, 2.24) is 0 Å². The van der Waals surface area contributed by atoms with Crippen LogP contribution >= 0.6 is 0 Å². The number of hydrogen-bond acceptors (Lipinski definition) is 4. The molecule has 22 heavy (non-hydrogen) atoms. The van der Waals surface area contributed by atoms with Gasteiger partial charge in [-0.15, -0.1) is 0 Å². The normalized spacial score (nSPS) is 13.1. The second-order valence-electron chi connectivity index (χ2n) is 5.54. The Labute approximate surface area is 136 Å². The monoisotopic (exact) mass is 325 g/mol. The molecule has 1 aromatic carbocycles. The minimum absolute atomic E-state index is 0.418. The molecule has 0 heterocycles. The summed E-state index contributed by atoms with van der Waals surface area (Å²) in [5, 5.41) is 3.64. The number of unbranched alkanes of at least 4 members (excludes halogenated alkanes) is 2. The summed E-state index contributed by atoms with van der Waals surface area (Å²) in [6.07, 6.45) is 5.90. The molecular weight excluding hydrogens is 294 g/mol. The Kier molecular flexibility index (Phi) is 9.39. The van der Waals surface area contributed by atoms with Gasteiger partial charge in [0, 0.05) is 39.1 Å². The summed E-state index contributed by atoms with van der Waals surface area (Å²) >= 11 is 0. The molecule has 0 aliphatic heterocycles.